The molecular weight excluding hydrogens is 368 g/mol. The van der Waals surface area contributed by atoms with Gasteiger partial charge < -0.3 is 14.4 Å². The van der Waals surface area contributed by atoms with Gasteiger partial charge in [0.1, 0.15) is 5.70 Å². The SMILES string of the molecule is COc1ccc(C2=C(N3CCCCC3)C(=O)N(c3ccccc3)C2=O)cc1OC. The summed E-state index contributed by atoms with van der Waals surface area (Å²) in [5.74, 6) is 0.517. The molecule has 0 spiro atoms. The van der Waals surface area contributed by atoms with Crippen molar-refractivity contribution in [2.75, 3.05) is 32.2 Å². The van der Waals surface area contributed by atoms with E-state index in [-0.39, 0.29) is 11.8 Å². The molecule has 0 bridgehead atoms. The number of ether oxygens (including phenoxy) is 2. The molecule has 150 valence electrons. The molecule has 0 unspecified atom stereocenters. The van der Waals surface area contributed by atoms with E-state index in [2.05, 4.69) is 4.90 Å². The number of amides is 2. The first-order chi connectivity index (χ1) is 14.2. The molecule has 0 N–H and O–H groups in total. The zero-order valence-electron chi connectivity index (χ0n) is 16.7. The third-order valence-electron chi connectivity index (χ3n) is 5.42. The van der Waals surface area contributed by atoms with Crippen LogP contribution in [0.4, 0.5) is 5.69 Å². The highest BCUT2D eigenvalue weighted by Crippen LogP contribution is 2.38. The van der Waals surface area contributed by atoms with Crippen molar-refractivity contribution in [3.05, 3.63) is 59.8 Å². The van der Waals surface area contributed by atoms with Crippen LogP contribution in [0.2, 0.25) is 0 Å². The zero-order chi connectivity index (χ0) is 20.4. The van der Waals surface area contributed by atoms with Gasteiger partial charge in [-0.15, -0.1) is 0 Å². The molecule has 2 aromatic rings. The van der Waals surface area contributed by atoms with Crippen LogP contribution in [-0.4, -0.2) is 44.0 Å². The Balaban J connectivity index is 1.85. The highest BCUT2D eigenvalue weighted by Gasteiger charge is 2.42. The van der Waals surface area contributed by atoms with Gasteiger partial charge in [-0.2, -0.15) is 0 Å². The largest absolute Gasteiger partial charge is 0.493 e. The molecule has 2 aliphatic rings. The fraction of sp³-hybridized carbons (Fsp3) is 0.304. The number of hydrogen-bond donors (Lipinski definition) is 0. The normalized spacial score (nSPS) is 17.2. The lowest BCUT2D eigenvalue weighted by molar-refractivity contribution is -0.120. The Kier molecular flexibility index (Phi) is 5.25. The van der Waals surface area contributed by atoms with Gasteiger partial charge in [-0.1, -0.05) is 24.3 Å². The number of rotatable bonds is 5. The Labute approximate surface area is 170 Å². The zero-order valence-corrected chi connectivity index (χ0v) is 16.7. The van der Waals surface area contributed by atoms with Crippen molar-refractivity contribution in [2.24, 2.45) is 0 Å². The van der Waals surface area contributed by atoms with Crippen molar-refractivity contribution < 1.29 is 19.1 Å². The number of para-hydroxylation sites is 1. The number of carbonyl (C=O) groups is 2. The Hall–Kier alpha value is -3.28. The van der Waals surface area contributed by atoms with E-state index in [1.54, 1.807) is 44.6 Å². The number of benzene rings is 2. The van der Waals surface area contributed by atoms with Crippen molar-refractivity contribution in [3.8, 4) is 11.5 Å². The standard InChI is InChI=1S/C23H24N2O4/c1-28-18-12-11-16(15-19(18)29-2)20-21(24-13-7-4-8-14-24)23(27)25(22(20)26)17-9-5-3-6-10-17/h3,5-6,9-12,15H,4,7-8,13-14H2,1-2H3. The van der Waals surface area contributed by atoms with Gasteiger partial charge in [-0.05, 0) is 49.1 Å². The average molecular weight is 392 g/mol. The second-order valence-corrected chi connectivity index (χ2v) is 7.12. The lowest BCUT2D eigenvalue weighted by atomic mass is 10.0. The van der Waals surface area contributed by atoms with Gasteiger partial charge in [-0.3, -0.25) is 9.59 Å². The van der Waals surface area contributed by atoms with Crippen molar-refractivity contribution in [1.29, 1.82) is 0 Å². The Morgan fingerprint density at radius 3 is 2.14 bits per heavy atom. The van der Waals surface area contributed by atoms with Gasteiger partial charge in [0.25, 0.3) is 11.8 Å². The van der Waals surface area contributed by atoms with Gasteiger partial charge in [0.2, 0.25) is 0 Å². The van der Waals surface area contributed by atoms with Crippen molar-refractivity contribution in [3.63, 3.8) is 0 Å². The van der Waals surface area contributed by atoms with E-state index in [0.717, 1.165) is 32.4 Å². The average Bonchev–Trinajstić information content (AvgIpc) is 3.04. The topological polar surface area (TPSA) is 59.1 Å². The number of nitrogens with zero attached hydrogens (tertiary/aromatic N) is 2. The van der Waals surface area contributed by atoms with Crippen LogP contribution in [0.3, 0.4) is 0 Å². The van der Waals surface area contributed by atoms with Crippen LogP contribution in [0.5, 0.6) is 11.5 Å². The molecule has 0 aromatic heterocycles. The summed E-state index contributed by atoms with van der Waals surface area (Å²) in [4.78, 5) is 30.2. The van der Waals surface area contributed by atoms with Crippen LogP contribution in [0, 0.1) is 0 Å². The number of hydrogen-bond acceptors (Lipinski definition) is 5. The molecule has 29 heavy (non-hydrogen) atoms. The van der Waals surface area contributed by atoms with Gasteiger partial charge in [0, 0.05) is 13.1 Å². The molecule has 2 aliphatic heterocycles. The Bertz CT molecular complexity index is 962. The monoisotopic (exact) mass is 392 g/mol. The molecule has 0 atom stereocenters. The number of carbonyl (C=O) groups excluding carboxylic acids is 2. The summed E-state index contributed by atoms with van der Waals surface area (Å²) in [6.07, 6.45) is 3.16. The predicted molar refractivity (Wildman–Crippen MR) is 111 cm³/mol. The minimum Gasteiger partial charge on any atom is -0.493 e. The number of piperidine rings is 1. The molecular formula is C23H24N2O4. The summed E-state index contributed by atoms with van der Waals surface area (Å²) in [7, 11) is 3.12. The van der Waals surface area contributed by atoms with E-state index in [1.165, 1.54) is 4.90 Å². The van der Waals surface area contributed by atoms with E-state index in [1.807, 2.05) is 18.2 Å². The van der Waals surface area contributed by atoms with Gasteiger partial charge in [-0.25, -0.2) is 4.90 Å². The van der Waals surface area contributed by atoms with E-state index >= 15 is 0 Å². The summed E-state index contributed by atoms with van der Waals surface area (Å²) in [6, 6.07) is 14.4. The number of methoxy groups -OCH3 is 2. The van der Waals surface area contributed by atoms with Crippen LogP contribution in [-0.2, 0) is 9.59 Å². The van der Waals surface area contributed by atoms with Gasteiger partial charge in [0.05, 0.1) is 25.5 Å². The lowest BCUT2D eigenvalue weighted by Crippen LogP contribution is -2.37. The maximum absolute atomic E-state index is 13.5. The third kappa shape index (κ3) is 3.35. The maximum atomic E-state index is 13.5. The van der Waals surface area contributed by atoms with E-state index in [9.17, 15) is 9.59 Å². The fourth-order valence-corrected chi connectivity index (χ4v) is 3.99. The van der Waals surface area contributed by atoms with Crippen LogP contribution in [0.15, 0.2) is 54.2 Å². The maximum Gasteiger partial charge on any atom is 0.282 e. The first-order valence-electron chi connectivity index (χ1n) is 9.81. The second kappa shape index (κ2) is 7.99. The molecule has 0 saturated carbocycles. The van der Waals surface area contributed by atoms with Crippen LogP contribution in [0.1, 0.15) is 24.8 Å². The first-order valence-corrected chi connectivity index (χ1v) is 9.81. The van der Waals surface area contributed by atoms with E-state index < -0.39 is 0 Å². The van der Waals surface area contributed by atoms with Crippen molar-refractivity contribution >= 4 is 23.1 Å². The van der Waals surface area contributed by atoms with Gasteiger partial charge in [0.15, 0.2) is 11.5 Å². The van der Waals surface area contributed by atoms with Crippen molar-refractivity contribution in [1.82, 2.24) is 4.90 Å². The minimum atomic E-state index is -0.311. The lowest BCUT2D eigenvalue weighted by Gasteiger charge is -2.29. The van der Waals surface area contributed by atoms with Crippen LogP contribution in [0.25, 0.3) is 5.57 Å². The second-order valence-electron chi connectivity index (χ2n) is 7.12. The predicted octanol–water partition coefficient (Wildman–Crippen LogP) is 3.47. The molecule has 0 radical (unpaired) electrons. The summed E-state index contributed by atoms with van der Waals surface area (Å²) < 4.78 is 10.7. The summed E-state index contributed by atoms with van der Waals surface area (Å²) in [5.41, 5.74) is 2.12. The molecule has 6 heteroatoms. The quantitative estimate of drug-likeness (QED) is 0.729. The number of likely N-dealkylation sites (tertiary alicyclic amines) is 1. The molecule has 4 rings (SSSR count). The molecule has 0 aliphatic carbocycles. The molecule has 1 fully saturated rings. The molecule has 2 heterocycles. The number of imide groups is 1. The minimum absolute atomic E-state index is 0.270. The van der Waals surface area contributed by atoms with Crippen LogP contribution < -0.4 is 14.4 Å². The Morgan fingerprint density at radius 2 is 1.48 bits per heavy atom. The molecule has 2 amide bonds. The van der Waals surface area contributed by atoms with Gasteiger partial charge >= 0.3 is 0 Å². The summed E-state index contributed by atoms with van der Waals surface area (Å²) in [5, 5.41) is 0. The smallest absolute Gasteiger partial charge is 0.282 e. The third-order valence-corrected chi connectivity index (χ3v) is 5.42. The summed E-state index contributed by atoms with van der Waals surface area (Å²) in [6.45, 7) is 1.54. The molecule has 2 aromatic carbocycles. The van der Waals surface area contributed by atoms with E-state index in [4.69, 9.17) is 9.47 Å². The first kappa shape index (κ1) is 19.1. The fourth-order valence-electron chi connectivity index (χ4n) is 3.99. The highest BCUT2D eigenvalue weighted by molar-refractivity contribution is 6.45. The van der Waals surface area contributed by atoms with Crippen LogP contribution >= 0.6 is 0 Å². The summed E-state index contributed by atoms with van der Waals surface area (Å²) >= 11 is 0. The molecule has 6 nitrogen and oxygen atoms in total. The van der Waals surface area contributed by atoms with E-state index in [0.29, 0.717) is 34.0 Å². The Morgan fingerprint density at radius 1 is 0.793 bits per heavy atom. The highest BCUT2D eigenvalue weighted by atomic mass is 16.5. The van der Waals surface area contributed by atoms with Crippen molar-refractivity contribution in [2.45, 2.75) is 19.3 Å². The number of anilines is 1. The molecule has 1 saturated heterocycles.